The molecule has 234 valence electrons. The molecule has 2 amide bonds. The minimum absolute atomic E-state index is 0.125. The van der Waals surface area contributed by atoms with Crippen molar-refractivity contribution in [3.05, 3.63) is 35.6 Å². The lowest BCUT2D eigenvalue weighted by atomic mass is 9.85. The Balaban J connectivity index is 1.46. The number of benzene rings is 1. The molecular formula is C33H45N3O7. The molecule has 1 aromatic rings. The fourth-order valence-corrected chi connectivity index (χ4v) is 6.28. The number of nitrogens with one attached hydrogen (secondary N) is 1. The molecule has 0 aromatic heterocycles. The Kier molecular flexibility index (Phi) is 9.32. The molecule has 0 spiro atoms. The highest BCUT2D eigenvalue weighted by molar-refractivity contribution is 6.00. The Morgan fingerprint density at radius 2 is 1.88 bits per heavy atom. The van der Waals surface area contributed by atoms with Crippen LogP contribution in [0.4, 0.5) is 10.5 Å². The zero-order chi connectivity index (χ0) is 30.7. The molecule has 3 fully saturated rings. The molecule has 1 N–H and O–H groups in total. The van der Waals surface area contributed by atoms with Gasteiger partial charge in [0.2, 0.25) is 5.91 Å². The fourth-order valence-electron chi connectivity index (χ4n) is 6.28. The van der Waals surface area contributed by atoms with Crippen LogP contribution >= 0.6 is 0 Å². The van der Waals surface area contributed by atoms with Gasteiger partial charge in [-0.1, -0.05) is 33.6 Å². The number of methoxy groups -OCH3 is 2. The van der Waals surface area contributed by atoms with Crippen LogP contribution < -0.4 is 10.1 Å². The first-order valence-electron chi connectivity index (χ1n) is 15.5. The van der Waals surface area contributed by atoms with Crippen LogP contribution in [0.15, 0.2) is 35.0 Å². The third kappa shape index (κ3) is 7.33. The molecular weight excluding hydrogens is 550 g/mol. The monoisotopic (exact) mass is 595 g/mol. The van der Waals surface area contributed by atoms with Crippen LogP contribution in [-0.2, 0) is 30.2 Å². The molecule has 4 aliphatic rings. The Labute approximate surface area is 254 Å². The average molecular weight is 596 g/mol. The van der Waals surface area contributed by atoms with Crippen LogP contribution in [-0.4, -0.2) is 73.6 Å². The number of aliphatic imine (C=N–C) groups is 1. The number of fused-ring (bicyclic) bond motifs is 5. The van der Waals surface area contributed by atoms with E-state index < -0.39 is 35.7 Å². The molecule has 2 bridgehead atoms. The zero-order valence-electron chi connectivity index (χ0n) is 26.0. The summed E-state index contributed by atoms with van der Waals surface area (Å²) in [5.41, 5.74) is 2.28. The predicted octanol–water partition coefficient (Wildman–Crippen LogP) is 5.25. The SMILES string of the molecule is COC(=O)C1CC2CN1C(=O)C(C(C)(C)C)NC(=O)OC1CC1CCCCCC1=Nc3ccc(OC)cc3CCC=C1O2. The molecule has 0 radical (unpaired) electrons. The van der Waals surface area contributed by atoms with Gasteiger partial charge in [-0.3, -0.25) is 4.79 Å². The van der Waals surface area contributed by atoms with Crippen molar-refractivity contribution >= 4 is 29.4 Å². The molecule has 10 heteroatoms. The van der Waals surface area contributed by atoms with Gasteiger partial charge in [0.1, 0.15) is 35.8 Å². The number of rotatable bonds is 2. The van der Waals surface area contributed by atoms with Crippen molar-refractivity contribution in [2.24, 2.45) is 16.3 Å². The Morgan fingerprint density at radius 1 is 1.07 bits per heavy atom. The van der Waals surface area contributed by atoms with Gasteiger partial charge in [0.15, 0.2) is 0 Å². The third-order valence-corrected chi connectivity index (χ3v) is 8.86. The summed E-state index contributed by atoms with van der Waals surface area (Å²) in [4.78, 5) is 46.4. The Bertz CT molecular complexity index is 1280. The van der Waals surface area contributed by atoms with E-state index in [-0.39, 0.29) is 25.0 Å². The van der Waals surface area contributed by atoms with Gasteiger partial charge >= 0.3 is 12.1 Å². The van der Waals surface area contributed by atoms with Crippen molar-refractivity contribution in [2.45, 2.75) is 103 Å². The zero-order valence-corrected chi connectivity index (χ0v) is 26.0. The Morgan fingerprint density at radius 3 is 2.63 bits per heavy atom. The molecule has 5 unspecified atom stereocenters. The summed E-state index contributed by atoms with van der Waals surface area (Å²) >= 11 is 0. The number of hydrogen-bond acceptors (Lipinski definition) is 8. The van der Waals surface area contributed by atoms with E-state index in [1.807, 2.05) is 39.0 Å². The minimum atomic E-state index is -0.895. The summed E-state index contributed by atoms with van der Waals surface area (Å²) in [5.74, 6) is 0.992. The van der Waals surface area contributed by atoms with Crippen LogP contribution in [0, 0.1) is 11.3 Å². The molecule has 10 nitrogen and oxygen atoms in total. The quantitative estimate of drug-likeness (QED) is 0.464. The van der Waals surface area contributed by atoms with Gasteiger partial charge in [-0.15, -0.1) is 0 Å². The summed E-state index contributed by atoms with van der Waals surface area (Å²) in [7, 11) is 2.98. The number of hydrogen-bond donors (Lipinski definition) is 1. The lowest BCUT2D eigenvalue weighted by molar-refractivity contribution is -0.152. The van der Waals surface area contributed by atoms with Crippen molar-refractivity contribution in [3.8, 4) is 5.75 Å². The van der Waals surface area contributed by atoms with Gasteiger partial charge < -0.3 is 29.2 Å². The van der Waals surface area contributed by atoms with Gasteiger partial charge in [-0.05, 0) is 79.7 Å². The number of amides is 2. The standard InChI is InChI=1S/C33H45N3O7/c1-33(2,3)29-30(37)36-19-23(18-26(36)31(38)41-5)42-27-13-9-11-20-16-22(40-4)14-15-24(20)34-25(27)12-8-6-7-10-21-17-28(21)43-32(39)35-29/h13-16,21,23,26,28-29H,6-12,17-19H2,1-5H3,(H,35,39). The van der Waals surface area contributed by atoms with Gasteiger partial charge in [0.25, 0.3) is 0 Å². The van der Waals surface area contributed by atoms with Crippen molar-refractivity contribution in [2.75, 3.05) is 20.8 Å². The summed E-state index contributed by atoms with van der Waals surface area (Å²) in [6.07, 6.45) is 8.32. The first kappa shape index (κ1) is 30.9. The van der Waals surface area contributed by atoms with Crippen LogP contribution in [0.1, 0.15) is 77.7 Å². The summed E-state index contributed by atoms with van der Waals surface area (Å²) in [6.45, 7) is 5.84. The molecule has 1 aliphatic carbocycles. The van der Waals surface area contributed by atoms with E-state index in [4.69, 9.17) is 23.9 Å². The largest absolute Gasteiger partial charge is 0.497 e. The number of nitrogens with zero attached hydrogens (tertiary/aromatic N) is 2. The normalized spacial score (nSPS) is 28.4. The lowest BCUT2D eigenvalue weighted by Crippen LogP contribution is -2.57. The number of carbonyl (C=O) groups is 3. The number of alkyl carbamates (subject to hydrolysis) is 1. The minimum Gasteiger partial charge on any atom is -0.497 e. The molecule has 43 heavy (non-hydrogen) atoms. The van der Waals surface area contributed by atoms with Crippen LogP contribution in [0.5, 0.6) is 5.75 Å². The number of carbonyl (C=O) groups excluding carboxylic acids is 3. The average Bonchev–Trinajstić information content (AvgIpc) is 3.55. The van der Waals surface area contributed by atoms with E-state index >= 15 is 0 Å². The van der Waals surface area contributed by atoms with E-state index in [9.17, 15) is 14.4 Å². The number of ether oxygens (including phenoxy) is 4. The van der Waals surface area contributed by atoms with Crippen molar-refractivity contribution in [1.29, 1.82) is 0 Å². The maximum atomic E-state index is 14.0. The molecule has 1 saturated carbocycles. The van der Waals surface area contributed by atoms with E-state index in [1.54, 1.807) is 7.11 Å². The summed E-state index contributed by atoms with van der Waals surface area (Å²) < 4.78 is 22.9. The summed E-state index contributed by atoms with van der Waals surface area (Å²) in [5, 5.41) is 2.82. The maximum Gasteiger partial charge on any atom is 0.408 e. The maximum absolute atomic E-state index is 14.0. The van der Waals surface area contributed by atoms with Crippen LogP contribution in [0.25, 0.3) is 0 Å². The van der Waals surface area contributed by atoms with Crippen LogP contribution in [0.2, 0.25) is 0 Å². The third-order valence-electron chi connectivity index (χ3n) is 8.86. The molecule has 3 heterocycles. The highest BCUT2D eigenvalue weighted by Gasteiger charge is 2.47. The highest BCUT2D eigenvalue weighted by Crippen LogP contribution is 2.39. The van der Waals surface area contributed by atoms with Crippen molar-refractivity contribution in [1.82, 2.24) is 10.2 Å². The molecule has 5 rings (SSSR count). The number of esters is 1. The second-order valence-electron chi connectivity index (χ2n) is 13.1. The first-order chi connectivity index (χ1) is 20.6. The van der Waals surface area contributed by atoms with Crippen molar-refractivity contribution < 1.29 is 33.3 Å². The lowest BCUT2D eigenvalue weighted by Gasteiger charge is -2.34. The highest BCUT2D eigenvalue weighted by atomic mass is 16.6. The molecule has 2 saturated heterocycles. The second kappa shape index (κ2) is 13.0. The van der Waals surface area contributed by atoms with E-state index in [0.717, 1.165) is 74.1 Å². The van der Waals surface area contributed by atoms with Gasteiger partial charge in [0.05, 0.1) is 32.2 Å². The van der Waals surface area contributed by atoms with Crippen LogP contribution in [0.3, 0.4) is 0 Å². The van der Waals surface area contributed by atoms with E-state index in [2.05, 4.69) is 11.4 Å². The van der Waals surface area contributed by atoms with Gasteiger partial charge in [-0.25, -0.2) is 14.6 Å². The topological polar surface area (TPSA) is 116 Å². The Hall–Kier alpha value is -3.56. The fraction of sp³-hybridized carbons (Fsp3) is 0.636. The number of aryl methyl sites for hydroxylation is 1. The van der Waals surface area contributed by atoms with E-state index in [0.29, 0.717) is 11.7 Å². The van der Waals surface area contributed by atoms with Gasteiger partial charge in [-0.2, -0.15) is 0 Å². The molecule has 1 aromatic carbocycles. The smallest absolute Gasteiger partial charge is 0.408 e. The van der Waals surface area contributed by atoms with Crippen molar-refractivity contribution in [3.63, 3.8) is 0 Å². The summed E-state index contributed by atoms with van der Waals surface area (Å²) in [6, 6.07) is 4.24. The number of allylic oxidation sites excluding steroid dienone is 2. The first-order valence-corrected chi connectivity index (χ1v) is 15.5. The molecule has 3 aliphatic heterocycles. The second-order valence-corrected chi connectivity index (χ2v) is 13.1. The van der Waals surface area contributed by atoms with Gasteiger partial charge in [0, 0.05) is 6.42 Å². The predicted molar refractivity (Wildman–Crippen MR) is 161 cm³/mol. The van der Waals surface area contributed by atoms with E-state index in [1.165, 1.54) is 12.0 Å². The molecule has 5 atom stereocenters.